The quantitative estimate of drug-likeness (QED) is 0.250. The average Bonchev–Trinajstić information content (AvgIpc) is 3.47. The van der Waals surface area contributed by atoms with Crippen LogP contribution >= 0.6 is 23.4 Å². The van der Waals surface area contributed by atoms with Gasteiger partial charge in [0.15, 0.2) is 11.5 Å². The van der Waals surface area contributed by atoms with Gasteiger partial charge in [-0.2, -0.15) is 0 Å². The summed E-state index contributed by atoms with van der Waals surface area (Å²) in [5.41, 5.74) is 2.38. The van der Waals surface area contributed by atoms with Crippen LogP contribution in [0.15, 0.2) is 83.8 Å². The lowest BCUT2D eigenvalue weighted by Gasteiger charge is -2.14. The molecule has 0 atom stereocenters. The third-order valence-corrected chi connectivity index (χ3v) is 7.45. The Bertz CT molecular complexity index is 1570. The zero-order valence-electron chi connectivity index (χ0n) is 19.5. The van der Waals surface area contributed by atoms with Gasteiger partial charge < -0.3 is 14.2 Å². The monoisotopic (exact) mass is 529 g/mol. The van der Waals surface area contributed by atoms with E-state index in [0.717, 1.165) is 33.7 Å². The predicted octanol–water partition coefficient (Wildman–Crippen LogP) is 7.04. The molecule has 2 aliphatic heterocycles. The van der Waals surface area contributed by atoms with E-state index in [2.05, 4.69) is 0 Å². The number of halogens is 1. The van der Waals surface area contributed by atoms with E-state index in [9.17, 15) is 9.59 Å². The maximum atomic E-state index is 13.4. The molecule has 6 nitrogen and oxygen atoms in total. The lowest BCUT2D eigenvalue weighted by Crippen LogP contribution is -2.27. The summed E-state index contributed by atoms with van der Waals surface area (Å²) < 4.78 is 16.9. The molecule has 0 unspecified atom stereocenters. The van der Waals surface area contributed by atoms with E-state index in [1.54, 1.807) is 18.2 Å². The molecule has 0 radical (unpaired) electrons. The van der Waals surface area contributed by atoms with Gasteiger partial charge in [0.2, 0.25) is 6.79 Å². The van der Waals surface area contributed by atoms with Crippen molar-refractivity contribution in [2.45, 2.75) is 13.2 Å². The first kappa shape index (κ1) is 23.5. The molecule has 1 fully saturated rings. The van der Waals surface area contributed by atoms with Crippen molar-refractivity contribution in [2.75, 3.05) is 6.79 Å². The van der Waals surface area contributed by atoms with Crippen LogP contribution in [0, 0.1) is 0 Å². The smallest absolute Gasteiger partial charge is 0.293 e. The Balaban J connectivity index is 1.32. The van der Waals surface area contributed by atoms with Gasteiger partial charge >= 0.3 is 0 Å². The molecule has 0 N–H and O–H groups in total. The van der Waals surface area contributed by atoms with Crippen LogP contribution in [-0.4, -0.2) is 22.8 Å². The van der Waals surface area contributed by atoms with Crippen LogP contribution < -0.4 is 14.2 Å². The van der Waals surface area contributed by atoms with Gasteiger partial charge in [-0.25, -0.2) is 0 Å². The number of rotatable bonds is 6. The van der Waals surface area contributed by atoms with Crippen molar-refractivity contribution >= 4 is 51.4 Å². The molecule has 184 valence electrons. The minimum Gasteiger partial charge on any atom is -0.488 e. The molecule has 0 aliphatic carbocycles. The molecule has 6 rings (SSSR count). The third-order valence-electron chi connectivity index (χ3n) is 6.19. The second-order valence-electron chi connectivity index (χ2n) is 8.54. The van der Waals surface area contributed by atoms with Crippen molar-refractivity contribution in [3.05, 3.63) is 105 Å². The lowest BCUT2D eigenvalue weighted by molar-refractivity contribution is -0.123. The largest absolute Gasteiger partial charge is 0.488 e. The van der Waals surface area contributed by atoms with Crippen LogP contribution in [0.3, 0.4) is 0 Å². The van der Waals surface area contributed by atoms with Crippen molar-refractivity contribution in [2.24, 2.45) is 0 Å². The summed E-state index contributed by atoms with van der Waals surface area (Å²) in [5, 5.41) is 1.97. The summed E-state index contributed by atoms with van der Waals surface area (Å²) in [6, 6.07) is 25.0. The Morgan fingerprint density at radius 1 is 0.946 bits per heavy atom. The number of fused-ring (bicyclic) bond motifs is 2. The fourth-order valence-corrected chi connectivity index (χ4v) is 5.34. The van der Waals surface area contributed by atoms with Crippen LogP contribution in [0.5, 0.6) is 17.2 Å². The molecule has 37 heavy (non-hydrogen) atoms. The number of nitrogens with zero attached hydrogens (tertiary/aromatic N) is 1. The third kappa shape index (κ3) is 4.63. The average molecular weight is 530 g/mol. The second-order valence-corrected chi connectivity index (χ2v) is 9.94. The van der Waals surface area contributed by atoms with E-state index in [1.807, 2.05) is 66.7 Å². The van der Waals surface area contributed by atoms with Crippen molar-refractivity contribution in [3.63, 3.8) is 0 Å². The number of benzene rings is 4. The summed E-state index contributed by atoms with van der Waals surface area (Å²) in [6.07, 6.45) is 1.74. The molecule has 8 heteroatoms. The Hall–Kier alpha value is -3.94. The van der Waals surface area contributed by atoms with Crippen LogP contribution in [0.25, 0.3) is 16.8 Å². The Morgan fingerprint density at radius 3 is 2.54 bits per heavy atom. The Morgan fingerprint density at radius 2 is 1.70 bits per heavy atom. The predicted molar refractivity (Wildman–Crippen MR) is 144 cm³/mol. The van der Waals surface area contributed by atoms with Gasteiger partial charge in [0.25, 0.3) is 11.1 Å². The molecular weight excluding hydrogens is 510 g/mol. The van der Waals surface area contributed by atoms with E-state index in [4.69, 9.17) is 25.8 Å². The number of carbonyl (C=O) groups is 2. The maximum Gasteiger partial charge on any atom is 0.293 e. The summed E-state index contributed by atoms with van der Waals surface area (Å²) in [7, 11) is 0. The van der Waals surface area contributed by atoms with Gasteiger partial charge in [-0.05, 0) is 51.9 Å². The van der Waals surface area contributed by atoms with E-state index in [0.29, 0.717) is 39.3 Å². The molecule has 0 spiro atoms. The van der Waals surface area contributed by atoms with Gasteiger partial charge in [-0.1, -0.05) is 72.3 Å². The van der Waals surface area contributed by atoms with E-state index in [1.165, 1.54) is 4.90 Å². The topological polar surface area (TPSA) is 65.1 Å². The van der Waals surface area contributed by atoms with Gasteiger partial charge in [0.1, 0.15) is 12.4 Å². The highest BCUT2D eigenvalue weighted by Crippen LogP contribution is 2.40. The van der Waals surface area contributed by atoms with E-state index < -0.39 is 0 Å². The minimum atomic E-state index is -0.384. The highest BCUT2D eigenvalue weighted by Gasteiger charge is 2.36. The number of amides is 2. The summed E-state index contributed by atoms with van der Waals surface area (Å²) in [5.74, 6) is 1.33. The zero-order chi connectivity index (χ0) is 25.4. The number of hydrogen-bond acceptors (Lipinski definition) is 6. The maximum absolute atomic E-state index is 13.4. The number of imide groups is 1. The molecule has 2 aliphatic rings. The van der Waals surface area contributed by atoms with Crippen LogP contribution in [0.2, 0.25) is 5.02 Å². The first-order chi connectivity index (χ1) is 18.1. The highest BCUT2D eigenvalue weighted by molar-refractivity contribution is 8.18. The number of hydrogen-bond donors (Lipinski definition) is 0. The fraction of sp³-hybridized carbons (Fsp3) is 0.103. The molecule has 0 saturated carbocycles. The van der Waals surface area contributed by atoms with Crippen molar-refractivity contribution in [3.8, 4) is 17.2 Å². The molecule has 1 saturated heterocycles. The van der Waals surface area contributed by atoms with Crippen LogP contribution in [-0.2, 0) is 17.9 Å². The highest BCUT2D eigenvalue weighted by atomic mass is 35.5. The van der Waals surface area contributed by atoms with Gasteiger partial charge in [0.05, 0.1) is 11.4 Å². The molecule has 4 aromatic rings. The molecule has 4 aromatic carbocycles. The fourth-order valence-electron chi connectivity index (χ4n) is 4.30. The van der Waals surface area contributed by atoms with E-state index >= 15 is 0 Å². The lowest BCUT2D eigenvalue weighted by atomic mass is 10.0. The molecule has 2 amide bonds. The second kappa shape index (κ2) is 9.84. The standard InChI is InChI=1S/C29H20ClNO5S/c30-23-14-26-25(35-17-36-26)12-20(23)15-31-28(32)27(37-29(31)33)13-22-21-9-5-4-8-19(21)10-11-24(22)34-16-18-6-2-1-3-7-18/h1-14H,15-17H2/b27-13-. The molecular formula is C29H20ClNO5S. The zero-order valence-corrected chi connectivity index (χ0v) is 21.1. The number of carbonyl (C=O) groups excluding carboxylic acids is 2. The van der Waals surface area contributed by atoms with E-state index in [-0.39, 0.29) is 24.5 Å². The van der Waals surface area contributed by atoms with Crippen molar-refractivity contribution in [1.29, 1.82) is 0 Å². The number of ether oxygens (including phenoxy) is 3. The first-order valence-electron chi connectivity index (χ1n) is 11.6. The van der Waals surface area contributed by atoms with Crippen molar-refractivity contribution < 1.29 is 23.8 Å². The van der Waals surface area contributed by atoms with Gasteiger partial charge in [0, 0.05) is 16.7 Å². The molecule has 0 bridgehead atoms. The first-order valence-corrected chi connectivity index (χ1v) is 12.8. The SMILES string of the molecule is O=C1S/C(=C\c2c(OCc3ccccc3)ccc3ccccc23)C(=O)N1Cc1cc2c(cc1Cl)OCO2. The summed E-state index contributed by atoms with van der Waals surface area (Å²) in [6.45, 7) is 0.521. The number of thioether (sulfide) groups is 1. The van der Waals surface area contributed by atoms with Gasteiger partial charge in [-0.15, -0.1) is 0 Å². The van der Waals surface area contributed by atoms with Crippen molar-refractivity contribution in [1.82, 2.24) is 4.90 Å². The summed E-state index contributed by atoms with van der Waals surface area (Å²) >= 11 is 7.30. The van der Waals surface area contributed by atoms with Crippen LogP contribution in [0.1, 0.15) is 16.7 Å². The minimum absolute atomic E-state index is 0.0321. The Labute approximate surface area is 222 Å². The van der Waals surface area contributed by atoms with Crippen LogP contribution in [0.4, 0.5) is 4.79 Å². The normalized spacial score (nSPS) is 15.7. The summed E-state index contributed by atoms with van der Waals surface area (Å²) in [4.78, 5) is 27.8. The Kier molecular flexibility index (Phi) is 6.24. The molecule has 0 aromatic heterocycles. The van der Waals surface area contributed by atoms with Gasteiger partial charge in [-0.3, -0.25) is 14.5 Å². The molecule has 2 heterocycles.